The maximum Gasteiger partial charge on any atom is 0.227 e. The van der Waals surface area contributed by atoms with Gasteiger partial charge in [-0.1, -0.05) is 18.9 Å². The average Bonchev–Trinajstić information content (AvgIpc) is 3.17. The molecule has 1 aromatic carbocycles. The quantitative estimate of drug-likeness (QED) is 0.924. The van der Waals surface area contributed by atoms with Gasteiger partial charge in [0.25, 0.3) is 0 Å². The van der Waals surface area contributed by atoms with E-state index in [2.05, 4.69) is 0 Å². The second-order valence-electron chi connectivity index (χ2n) is 6.48. The topological polar surface area (TPSA) is 59.0 Å². The summed E-state index contributed by atoms with van der Waals surface area (Å²) < 4.78 is 10.8. The fourth-order valence-corrected chi connectivity index (χ4v) is 4.23. The molecule has 1 aliphatic carbocycles. The third-order valence-electron chi connectivity index (χ3n) is 5.41. The third kappa shape index (κ3) is 2.67. The van der Waals surface area contributed by atoms with E-state index < -0.39 is 6.10 Å². The lowest BCUT2D eigenvalue weighted by atomic mass is 9.91. The Bertz CT molecular complexity index is 558. The highest BCUT2D eigenvalue weighted by Crippen LogP contribution is 2.44. The molecule has 1 N–H and O–H groups in total. The lowest BCUT2D eigenvalue weighted by Crippen LogP contribution is -2.51. The fraction of sp³-hybridized carbons (Fsp3) is 0.611. The summed E-state index contributed by atoms with van der Waals surface area (Å²) in [4.78, 5) is 14.9. The van der Waals surface area contributed by atoms with E-state index in [-0.39, 0.29) is 17.9 Å². The first-order valence-corrected chi connectivity index (χ1v) is 8.31. The van der Waals surface area contributed by atoms with Gasteiger partial charge in [-0.15, -0.1) is 0 Å². The molecule has 1 aliphatic heterocycles. The second kappa shape index (κ2) is 6.40. The lowest BCUT2D eigenvalue weighted by Gasteiger charge is -2.37. The molecule has 0 aromatic heterocycles. The molecule has 0 radical (unpaired) electrons. The molecule has 0 bridgehead atoms. The standard InChI is InChI=1S/C18H25NO4/c1-22-14-6-5-7-15(23-2)13(14)12-17(21)19-11-8-16(20)18(19)9-3-4-10-18/h5-7,16,20H,3-4,8-12H2,1-2H3. The van der Waals surface area contributed by atoms with Gasteiger partial charge in [0, 0.05) is 12.1 Å². The molecule has 2 fully saturated rings. The van der Waals surface area contributed by atoms with Crippen LogP contribution in [0.25, 0.3) is 0 Å². The van der Waals surface area contributed by atoms with Gasteiger partial charge in [-0.3, -0.25) is 4.79 Å². The summed E-state index contributed by atoms with van der Waals surface area (Å²) in [6, 6.07) is 5.54. The molecule has 1 aromatic rings. The Morgan fingerprint density at radius 3 is 2.43 bits per heavy atom. The number of ether oxygens (including phenoxy) is 2. The predicted octanol–water partition coefficient (Wildman–Crippen LogP) is 2.15. The number of benzene rings is 1. The van der Waals surface area contributed by atoms with E-state index in [1.807, 2.05) is 23.1 Å². The molecule has 3 rings (SSSR count). The van der Waals surface area contributed by atoms with Crippen LogP contribution in [0.5, 0.6) is 11.5 Å². The van der Waals surface area contributed by atoms with Crippen molar-refractivity contribution in [1.82, 2.24) is 4.90 Å². The van der Waals surface area contributed by atoms with Crippen LogP contribution in [0, 0.1) is 0 Å². The minimum Gasteiger partial charge on any atom is -0.496 e. The minimum atomic E-state index is -0.395. The van der Waals surface area contributed by atoms with Crippen molar-refractivity contribution in [2.45, 2.75) is 50.2 Å². The van der Waals surface area contributed by atoms with E-state index >= 15 is 0 Å². The van der Waals surface area contributed by atoms with Crippen molar-refractivity contribution in [3.05, 3.63) is 23.8 Å². The number of rotatable bonds is 4. The molecule has 1 spiro atoms. The first-order valence-electron chi connectivity index (χ1n) is 8.31. The van der Waals surface area contributed by atoms with Crippen molar-refractivity contribution in [3.8, 4) is 11.5 Å². The van der Waals surface area contributed by atoms with E-state index in [0.29, 0.717) is 24.5 Å². The van der Waals surface area contributed by atoms with Crippen LogP contribution in [0.4, 0.5) is 0 Å². The van der Waals surface area contributed by atoms with E-state index in [9.17, 15) is 9.90 Å². The van der Waals surface area contributed by atoms with E-state index in [1.165, 1.54) is 0 Å². The highest BCUT2D eigenvalue weighted by atomic mass is 16.5. The van der Waals surface area contributed by atoms with Crippen LogP contribution in [-0.2, 0) is 11.2 Å². The number of hydrogen-bond acceptors (Lipinski definition) is 4. The number of amides is 1. The number of carbonyl (C=O) groups is 1. The van der Waals surface area contributed by atoms with Crippen LogP contribution in [0.15, 0.2) is 18.2 Å². The Hall–Kier alpha value is -1.75. The van der Waals surface area contributed by atoms with Crippen molar-refractivity contribution in [1.29, 1.82) is 0 Å². The van der Waals surface area contributed by atoms with Gasteiger partial charge in [-0.2, -0.15) is 0 Å². The van der Waals surface area contributed by atoms with Gasteiger partial charge in [0.15, 0.2) is 0 Å². The molecule has 23 heavy (non-hydrogen) atoms. The van der Waals surface area contributed by atoms with Crippen LogP contribution in [0.3, 0.4) is 0 Å². The van der Waals surface area contributed by atoms with Crippen LogP contribution in [0.2, 0.25) is 0 Å². The smallest absolute Gasteiger partial charge is 0.227 e. The average molecular weight is 319 g/mol. The third-order valence-corrected chi connectivity index (χ3v) is 5.41. The SMILES string of the molecule is COc1cccc(OC)c1CC(=O)N1CCC(O)C12CCCC2. The van der Waals surface area contributed by atoms with Gasteiger partial charge < -0.3 is 19.5 Å². The van der Waals surface area contributed by atoms with Crippen molar-refractivity contribution >= 4 is 5.91 Å². The van der Waals surface area contributed by atoms with Crippen molar-refractivity contribution in [2.75, 3.05) is 20.8 Å². The highest BCUT2D eigenvalue weighted by molar-refractivity contribution is 5.81. The number of likely N-dealkylation sites (tertiary alicyclic amines) is 1. The zero-order valence-electron chi connectivity index (χ0n) is 13.9. The Morgan fingerprint density at radius 1 is 1.26 bits per heavy atom. The Morgan fingerprint density at radius 2 is 1.87 bits per heavy atom. The molecule has 1 saturated carbocycles. The summed E-state index contributed by atoms with van der Waals surface area (Å²) >= 11 is 0. The molecule has 126 valence electrons. The summed E-state index contributed by atoms with van der Waals surface area (Å²) in [5.74, 6) is 1.38. The van der Waals surface area contributed by atoms with Crippen molar-refractivity contribution in [3.63, 3.8) is 0 Å². The van der Waals surface area contributed by atoms with Crippen LogP contribution in [-0.4, -0.2) is 48.3 Å². The largest absolute Gasteiger partial charge is 0.496 e. The van der Waals surface area contributed by atoms with Crippen LogP contribution in [0.1, 0.15) is 37.7 Å². The summed E-state index contributed by atoms with van der Waals surface area (Å²) in [6.45, 7) is 0.636. The summed E-state index contributed by atoms with van der Waals surface area (Å²) in [6.07, 6.45) is 4.49. The lowest BCUT2D eigenvalue weighted by molar-refractivity contribution is -0.136. The number of nitrogens with zero attached hydrogens (tertiary/aromatic N) is 1. The first-order chi connectivity index (χ1) is 11.1. The van der Waals surface area contributed by atoms with E-state index in [0.717, 1.165) is 31.2 Å². The molecular formula is C18H25NO4. The fourth-order valence-electron chi connectivity index (χ4n) is 4.23. The molecule has 5 nitrogen and oxygen atoms in total. The van der Waals surface area contributed by atoms with Gasteiger partial charge in [0.2, 0.25) is 5.91 Å². The van der Waals surface area contributed by atoms with Gasteiger partial charge in [-0.25, -0.2) is 0 Å². The van der Waals surface area contributed by atoms with Gasteiger partial charge in [0.1, 0.15) is 11.5 Å². The number of aliphatic hydroxyl groups is 1. The van der Waals surface area contributed by atoms with Crippen LogP contribution < -0.4 is 9.47 Å². The van der Waals surface area contributed by atoms with Gasteiger partial charge in [0.05, 0.1) is 32.3 Å². The molecule has 1 unspecified atom stereocenters. The number of aliphatic hydroxyl groups excluding tert-OH is 1. The second-order valence-corrected chi connectivity index (χ2v) is 6.48. The monoisotopic (exact) mass is 319 g/mol. The zero-order chi connectivity index (χ0) is 16.4. The van der Waals surface area contributed by atoms with E-state index in [1.54, 1.807) is 14.2 Å². The molecular weight excluding hydrogens is 294 g/mol. The summed E-state index contributed by atoms with van der Waals surface area (Å²) in [5.41, 5.74) is 0.434. The minimum absolute atomic E-state index is 0.0475. The Kier molecular flexibility index (Phi) is 4.48. The first kappa shape index (κ1) is 16.1. The van der Waals surface area contributed by atoms with Crippen LogP contribution >= 0.6 is 0 Å². The zero-order valence-corrected chi connectivity index (χ0v) is 13.9. The molecule has 1 heterocycles. The molecule has 1 atom stereocenters. The predicted molar refractivity (Wildman–Crippen MR) is 86.8 cm³/mol. The molecule has 1 amide bonds. The normalized spacial score (nSPS) is 22.6. The van der Waals surface area contributed by atoms with Crippen molar-refractivity contribution < 1.29 is 19.4 Å². The van der Waals surface area contributed by atoms with Gasteiger partial charge >= 0.3 is 0 Å². The number of hydrogen-bond donors (Lipinski definition) is 1. The summed E-state index contributed by atoms with van der Waals surface area (Å²) in [7, 11) is 3.20. The molecule has 1 saturated heterocycles. The highest BCUT2D eigenvalue weighted by Gasteiger charge is 2.51. The maximum absolute atomic E-state index is 13.0. The number of carbonyl (C=O) groups excluding carboxylic acids is 1. The molecule has 5 heteroatoms. The van der Waals surface area contributed by atoms with E-state index in [4.69, 9.17) is 9.47 Å². The Labute approximate surface area is 137 Å². The molecule has 2 aliphatic rings. The van der Waals surface area contributed by atoms with Crippen molar-refractivity contribution in [2.24, 2.45) is 0 Å². The summed E-state index contributed by atoms with van der Waals surface area (Å²) in [5, 5.41) is 10.4. The number of methoxy groups -OCH3 is 2. The Balaban J connectivity index is 1.85. The maximum atomic E-state index is 13.0. The van der Waals surface area contributed by atoms with Gasteiger partial charge in [-0.05, 0) is 31.4 Å².